The zero-order valence-electron chi connectivity index (χ0n) is 12.9. The molecule has 0 fully saturated rings. The molecule has 22 heavy (non-hydrogen) atoms. The SMILES string of the molecule is CC.Cc1ccccc1-n1c(-c2ccccc2O)n[nH]c1=S. The summed E-state index contributed by atoms with van der Waals surface area (Å²) in [5, 5.41) is 17.1. The largest absolute Gasteiger partial charge is 0.507 e. The number of hydrogen-bond acceptors (Lipinski definition) is 3. The van der Waals surface area contributed by atoms with Gasteiger partial charge in [-0.3, -0.25) is 9.67 Å². The van der Waals surface area contributed by atoms with E-state index in [2.05, 4.69) is 10.2 Å². The molecular weight excluding hydrogens is 294 g/mol. The fraction of sp³-hybridized carbons (Fsp3) is 0.176. The van der Waals surface area contributed by atoms with Crippen LogP contribution in [0.25, 0.3) is 17.1 Å². The fourth-order valence-electron chi connectivity index (χ4n) is 2.18. The number of rotatable bonds is 2. The molecule has 0 amide bonds. The molecule has 3 aromatic rings. The van der Waals surface area contributed by atoms with E-state index in [1.807, 2.05) is 61.7 Å². The Morgan fingerprint density at radius 2 is 1.68 bits per heavy atom. The number of hydrogen-bond donors (Lipinski definition) is 2. The highest BCUT2D eigenvalue weighted by Gasteiger charge is 2.14. The number of aromatic nitrogens is 3. The van der Waals surface area contributed by atoms with Gasteiger partial charge >= 0.3 is 0 Å². The van der Waals surface area contributed by atoms with Gasteiger partial charge in [0.15, 0.2) is 10.6 Å². The summed E-state index contributed by atoms with van der Waals surface area (Å²) < 4.78 is 2.33. The lowest BCUT2D eigenvalue weighted by molar-refractivity contribution is 0.476. The summed E-state index contributed by atoms with van der Waals surface area (Å²) in [4.78, 5) is 0. The predicted molar refractivity (Wildman–Crippen MR) is 91.9 cm³/mol. The van der Waals surface area contributed by atoms with Gasteiger partial charge in [0, 0.05) is 0 Å². The molecule has 3 rings (SSSR count). The number of benzene rings is 2. The third-order valence-corrected chi connectivity index (χ3v) is 3.45. The van der Waals surface area contributed by atoms with Crippen LogP contribution in [-0.4, -0.2) is 19.9 Å². The lowest BCUT2D eigenvalue weighted by Gasteiger charge is -2.10. The lowest BCUT2D eigenvalue weighted by atomic mass is 10.1. The van der Waals surface area contributed by atoms with Gasteiger partial charge in [0.2, 0.25) is 0 Å². The number of H-pyrrole nitrogens is 1. The standard InChI is InChI=1S/C15H13N3OS.C2H6/c1-10-6-2-4-8-12(10)18-14(16-17-15(18)20)11-7-3-5-9-13(11)19;1-2/h2-9,19H,1H3,(H,17,20);1-2H3. The van der Waals surface area contributed by atoms with Gasteiger partial charge in [-0.15, -0.1) is 0 Å². The summed E-state index contributed by atoms with van der Waals surface area (Å²) in [5.74, 6) is 0.777. The Labute approximate surface area is 135 Å². The zero-order chi connectivity index (χ0) is 16.1. The van der Waals surface area contributed by atoms with Crippen LogP contribution in [0, 0.1) is 11.7 Å². The summed E-state index contributed by atoms with van der Waals surface area (Å²) in [5.41, 5.74) is 2.68. The number of aromatic amines is 1. The second-order valence-corrected chi connectivity index (χ2v) is 4.88. The van der Waals surface area contributed by atoms with Crippen molar-refractivity contribution in [3.05, 3.63) is 58.9 Å². The van der Waals surface area contributed by atoms with Crippen molar-refractivity contribution in [2.75, 3.05) is 0 Å². The minimum atomic E-state index is 0.177. The van der Waals surface area contributed by atoms with Crippen LogP contribution in [0.3, 0.4) is 0 Å². The molecule has 2 N–H and O–H groups in total. The third-order valence-electron chi connectivity index (χ3n) is 3.17. The van der Waals surface area contributed by atoms with Crippen LogP contribution in [0.15, 0.2) is 48.5 Å². The number of phenols is 1. The molecular formula is C17H19N3OS. The molecule has 1 aromatic heterocycles. The summed E-state index contributed by atoms with van der Waals surface area (Å²) in [6, 6.07) is 15.0. The molecule has 5 heteroatoms. The van der Waals surface area contributed by atoms with Gasteiger partial charge in [0.05, 0.1) is 11.3 Å². The van der Waals surface area contributed by atoms with Crippen LogP contribution >= 0.6 is 12.2 Å². The second kappa shape index (κ2) is 7.04. The van der Waals surface area contributed by atoms with E-state index >= 15 is 0 Å². The number of para-hydroxylation sites is 2. The monoisotopic (exact) mass is 313 g/mol. The van der Waals surface area contributed by atoms with Gasteiger partial charge < -0.3 is 5.11 Å². The molecule has 4 nitrogen and oxygen atoms in total. The number of aromatic hydroxyl groups is 1. The summed E-state index contributed by atoms with van der Waals surface area (Å²) in [6.07, 6.45) is 0. The number of nitrogens with zero attached hydrogens (tertiary/aromatic N) is 2. The topological polar surface area (TPSA) is 53.8 Å². The molecule has 0 aliphatic carbocycles. The first-order valence-corrected chi connectivity index (χ1v) is 7.61. The Bertz CT molecular complexity index is 821. The van der Waals surface area contributed by atoms with Crippen molar-refractivity contribution in [3.8, 4) is 22.8 Å². The predicted octanol–water partition coefficient (Wildman–Crippen LogP) is 4.64. The molecule has 0 unspecified atom stereocenters. The second-order valence-electron chi connectivity index (χ2n) is 4.49. The normalized spacial score (nSPS) is 9.95. The maximum atomic E-state index is 10.0. The van der Waals surface area contributed by atoms with Gasteiger partial charge in [-0.05, 0) is 42.9 Å². The van der Waals surface area contributed by atoms with Crippen molar-refractivity contribution in [1.29, 1.82) is 0 Å². The molecule has 0 atom stereocenters. The van der Waals surface area contributed by atoms with E-state index < -0.39 is 0 Å². The molecule has 0 saturated heterocycles. The summed E-state index contributed by atoms with van der Waals surface area (Å²) in [7, 11) is 0. The summed E-state index contributed by atoms with van der Waals surface area (Å²) in [6.45, 7) is 6.01. The van der Waals surface area contributed by atoms with Crippen molar-refractivity contribution in [2.45, 2.75) is 20.8 Å². The minimum absolute atomic E-state index is 0.177. The van der Waals surface area contributed by atoms with Crippen molar-refractivity contribution < 1.29 is 5.11 Å². The Kier molecular flexibility index (Phi) is 5.12. The van der Waals surface area contributed by atoms with E-state index in [1.165, 1.54) is 0 Å². The average molecular weight is 313 g/mol. The smallest absolute Gasteiger partial charge is 0.200 e. The van der Waals surface area contributed by atoms with Gasteiger partial charge in [-0.1, -0.05) is 44.2 Å². The summed E-state index contributed by atoms with van der Waals surface area (Å²) >= 11 is 5.32. The van der Waals surface area contributed by atoms with E-state index in [4.69, 9.17) is 12.2 Å². The van der Waals surface area contributed by atoms with Gasteiger partial charge in [0.1, 0.15) is 5.75 Å². The first-order valence-electron chi connectivity index (χ1n) is 7.20. The molecule has 0 radical (unpaired) electrons. The van der Waals surface area contributed by atoms with Crippen molar-refractivity contribution in [3.63, 3.8) is 0 Å². The first-order chi connectivity index (χ1) is 10.7. The van der Waals surface area contributed by atoms with Crippen LogP contribution in [0.2, 0.25) is 0 Å². The number of phenolic OH excluding ortho intramolecular Hbond substituents is 1. The molecule has 0 saturated carbocycles. The van der Waals surface area contributed by atoms with Gasteiger partial charge in [0.25, 0.3) is 0 Å². The van der Waals surface area contributed by atoms with E-state index in [-0.39, 0.29) is 5.75 Å². The van der Waals surface area contributed by atoms with Gasteiger partial charge in [-0.2, -0.15) is 5.10 Å². The number of nitrogens with one attached hydrogen (secondary N) is 1. The Morgan fingerprint density at radius 3 is 2.36 bits per heavy atom. The number of aryl methyl sites for hydroxylation is 1. The van der Waals surface area contributed by atoms with Crippen molar-refractivity contribution in [1.82, 2.24) is 14.8 Å². The van der Waals surface area contributed by atoms with Gasteiger partial charge in [-0.25, -0.2) is 0 Å². The van der Waals surface area contributed by atoms with E-state index in [1.54, 1.807) is 12.1 Å². The van der Waals surface area contributed by atoms with E-state index in [0.29, 0.717) is 16.2 Å². The molecule has 0 spiro atoms. The Morgan fingerprint density at radius 1 is 1.05 bits per heavy atom. The lowest BCUT2D eigenvalue weighted by Crippen LogP contribution is -2.00. The van der Waals surface area contributed by atoms with Crippen LogP contribution in [-0.2, 0) is 0 Å². The molecule has 114 valence electrons. The third kappa shape index (κ3) is 2.94. The van der Waals surface area contributed by atoms with Crippen LogP contribution in [0.4, 0.5) is 0 Å². The maximum absolute atomic E-state index is 10.0. The van der Waals surface area contributed by atoms with Crippen LogP contribution < -0.4 is 0 Å². The highest BCUT2D eigenvalue weighted by molar-refractivity contribution is 7.71. The molecule has 0 aliphatic heterocycles. The maximum Gasteiger partial charge on any atom is 0.200 e. The molecule has 2 aromatic carbocycles. The van der Waals surface area contributed by atoms with E-state index in [0.717, 1.165) is 11.3 Å². The van der Waals surface area contributed by atoms with Crippen LogP contribution in [0.1, 0.15) is 19.4 Å². The molecule has 1 heterocycles. The molecule has 0 bridgehead atoms. The zero-order valence-corrected chi connectivity index (χ0v) is 13.7. The Balaban J connectivity index is 0.000000847. The van der Waals surface area contributed by atoms with E-state index in [9.17, 15) is 5.11 Å². The molecule has 0 aliphatic rings. The fourth-order valence-corrected chi connectivity index (χ4v) is 2.41. The highest BCUT2D eigenvalue weighted by Crippen LogP contribution is 2.29. The Hall–Kier alpha value is -2.40. The minimum Gasteiger partial charge on any atom is -0.507 e. The first kappa shape index (κ1) is 16.0. The van der Waals surface area contributed by atoms with Crippen molar-refractivity contribution >= 4 is 12.2 Å². The van der Waals surface area contributed by atoms with Crippen molar-refractivity contribution in [2.24, 2.45) is 0 Å². The van der Waals surface area contributed by atoms with Crippen LogP contribution in [0.5, 0.6) is 5.75 Å². The average Bonchev–Trinajstić information content (AvgIpc) is 2.92. The quantitative estimate of drug-likeness (QED) is 0.678. The highest BCUT2D eigenvalue weighted by atomic mass is 32.1.